The highest BCUT2D eigenvalue weighted by Crippen LogP contribution is 2.47. The second-order valence-corrected chi connectivity index (χ2v) is 16.6. The van der Waals surface area contributed by atoms with E-state index >= 15 is 0 Å². The number of fused-ring (bicyclic) bond motifs is 11. The lowest BCUT2D eigenvalue weighted by atomic mass is 9.85. The summed E-state index contributed by atoms with van der Waals surface area (Å²) in [6.45, 7) is 0. The fourth-order valence-electron chi connectivity index (χ4n) is 8.94. The van der Waals surface area contributed by atoms with Crippen LogP contribution in [0.4, 0.5) is 0 Å². The number of benzene rings is 10. The fourth-order valence-corrected chi connectivity index (χ4v) is 11.2. The molecule has 0 radical (unpaired) electrons. The molecule has 2 heterocycles. The minimum atomic E-state index is 1.24. The van der Waals surface area contributed by atoms with Crippen LogP contribution in [0.1, 0.15) is 0 Å². The van der Waals surface area contributed by atoms with E-state index in [1.807, 2.05) is 22.7 Å². The first kappa shape index (κ1) is 30.2. The van der Waals surface area contributed by atoms with Crippen LogP contribution in [0.3, 0.4) is 0 Å². The molecule has 0 aliphatic rings. The summed E-state index contributed by atoms with van der Waals surface area (Å²) in [4.78, 5) is 0. The molecule has 0 saturated carbocycles. The molecule has 2 heteroatoms. The first-order valence-corrected chi connectivity index (χ1v) is 20.1. The highest BCUT2D eigenvalue weighted by Gasteiger charge is 2.19. The highest BCUT2D eigenvalue weighted by atomic mass is 32.1. The van der Waals surface area contributed by atoms with Gasteiger partial charge in [0.1, 0.15) is 0 Å². The van der Waals surface area contributed by atoms with Crippen molar-refractivity contribution in [2.45, 2.75) is 0 Å². The summed E-state index contributed by atoms with van der Waals surface area (Å²) in [5.74, 6) is 0. The zero-order chi connectivity index (χ0) is 35.3. The molecule has 10 aromatic carbocycles. The zero-order valence-electron chi connectivity index (χ0n) is 29.1. The molecule has 0 unspecified atom stereocenters. The first-order chi connectivity index (χ1) is 26.7. The SMILES string of the molecule is c1ccc(-c2ccc3cc(-c4c5ccccc5c(-c5ccc6c(c5)sc5ccc7cc8c(cc7c56)sc5ccccc58)c5ccccc45)ccc3c2)cc1. The normalized spacial score (nSPS) is 12.1. The number of thiophene rings is 2. The van der Waals surface area contributed by atoms with Gasteiger partial charge in [-0.3, -0.25) is 0 Å². The van der Waals surface area contributed by atoms with Crippen molar-refractivity contribution < 1.29 is 0 Å². The van der Waals surface area contributed by atoms with Crippen molar-refractivity contribution in [3.63, 3.8) is 0 Å². The highest BCUT2D eigenvalue weighted by molar-refractivity contribution is 7.26. The van der Waals surface area contributed by atoms with Crippen LogP contribution in [0.25, 0.3) is 117 Å². The van der Waals surface area contributed by atoms with Gasteiger partial charge >= 0.3 is 0 Å². The molecule has 0 bridgehead atoms. The maximum atomic E-state index is 2.44. The summed E-state index contributed by atoms with van der Waals surface area (Å²) in [5.41, 5.74) is 7.58. The Balaban J connectivity index is 1.05. The maximum Gasteiger partial charge on any atom is 0.0362 e. The van der Waals surface area contributed by atoms with Gasteiger partial charge in [0.25, 0.3) is 0 Å². The van der Waals surface area contributed by atoms with Gasteiger partial charge in [-0.1, -0.05) is 140 Å². The van der Waals surface area contributed by atoms with Gasteiger partial charge in [-0.2, -0.15) is 0 Å². The van der Waals surface area contributed by atoms with E-state index in [1.165, 1.54) is 117 Å². The average molecular weight is 719 g/mol. The van der Waals surface area contributed by atoms with Crippen LogP contribution >= 0.6 is 22.7 Å². The minimum absolute atomic E-state index is 1.24. The average Bonchev–Trinajstić information content (AvgIpc) is 3.79. The Kier molecular flexibility index (Phi) is 6.48. The number of hydrogen-bond acceptors (Lipinski definition) is 2. The lowest BCUT2D eigenvalue weighted by Gasteiger charge is -2.18. The lowest BCUT2D eigenvalue weighted by molar-refractivity contribution is 1.64. The van der Waals surface area contributed by atoms with Crippen molar-refractivity contribution in [2.24, 2.45) is 0 Å². The standard InChI is InChI=1S/C52H30S2/c1-2-10-31(11-3-1)32-18-19-34-27-36(21-20-33(34)26-32)50-39-13-4-6-15-41(39)51(42-16-7-5-14-40(42)50)37-22-24-43-48(29-37)54-47-25-23-35-28-45-38-12-8-9-17-46(38)53-49(45)30-44(35)52(43)47/h1-30H. The van der Waals surface area contributed by atoms with Gasteiger partial charge in [0.05, 0.1) is 0 Å². The van der Waals surface area contributed by atoms with Crippen LogP contribution in [-0.2, 0) is 0 Å². The van der Waals surface area contributed by atoms with E-state index < -0.39 is 0 Å². The second-order valence-electron chi connectivity index (χ2n) is 14.4. The summed E-state index contributed by atoms with van der Waals surface area (Å²) in [6.07, 6.45) is 0. The summed E-state index contributed by atoms with van der Waals surface area (Å²) in [5, 5.41) is 15.7. The van der Waals surface area contributed by atoms with Crippen LogP contribution in [0.15, 0.2) is 182 Å². The molecule has 12 rings (SSSR count). The Morgan fingerprint density at radius 1 is 0.241 bits per heavy atom. The summed E-state index contributed by atoms with van der Waals surface area (Å²) in [7, 11) is 0. The number of hydrogen-bond donors (Lipinski definition) is 0. The van der Waals surface area contributed by atoms with E-state index in [1.54, 1.807) is 0 Å². The Hall–Kier alpha value is -6.32. The van der Waals surface area contributed by atoms with Crippen molar-refractivity contribution in [2.75, 3.05) is 0 Å². The van der Waals surface area contributed by atoms with Gasteiger partial charge in [0.15, 0.2) is 0 Å². The van der Waals surface area contributed by atoms with Gasteiger partial charge in [-0.25, -0.2) is 0 Å². The van der Waals surface area contributed by atoms with Crippen molar-refractivity contribution in [3.05, 3.63) is 182 Å². The number of rotatable bonds is 3. The Morgan fingerprint density at radius 3 is 1.50 bits per heavy atom. The smallest absolute Gasteiger partial charge is 0.0362 e. The molecule has 0 N–H and O–H groups in total. The van der Waals surface area contributed by atoms with E-state index in [0.717, 1.165) is 0 Å². The molecule has 0 fully saturated rings. The van der Waals surface area contributed by atoms with E-state index in [0.29, 0.717) is 0 Å². The third kappa shape index (κ3) is 4.48. The van der Waals surface area contributed by atoms with Crippen LogP contribution in [0.5, 0.6) is 0 Å². The molecular formula is C52H30S2. The van der Waals surface area contributed by atoms with Gasteiger partial charge in [0.2, 0.25) is 0 Å². The van der Waals surface area contributed by atoms with E-state index in [2.05, 4.69) is 182 Å². The predicted octanol–water partition coefficient (Wildman–Crippen LogP) is 16.0. The van der Waals surface area contributed by atoms with Gasteiger partial charge in [0, 0.05) is 40.3 Å². The molecule has 0 aliphatic heterocycles. The fraction of sp³-hybridized carbons (Fsp3) is 0. The Labute approximate surface area is 319 Å². The Bertz CT molecular complexity index is 3430. The lowest BCUT2D eigenvalue weighted by Crippen LogP contribution is -1.91. The van der Waals surface area contributed by atoms with Crippen LogP contribution in [-0.4, -0.2) is 0 Å². The third-order valence-electron chi connectivity index (χ3n) is 11.4. The second kappa shape index (κ2) is 11.6. The van der Waals surface area contributed by atoms with E-state index in [4.69, 9.17) is 0 Å². The van der Waals surface area contributed by atoms with Crippen molar-refractivity contribution >= 4 is 106 Å². The zero-order valence-corrected chi connectivity index (χ0v) is 30.8. The molecule has 0 aliphatic carbocycles. The van der Waals surface area contributed by atoms with E-state index in [-0.39, 0.29) is 0 Å². The third-order valence-corrected chi connectivity index (χ3v) is 13.7. The minimum Gasteiger partial charge on any atom is -0.135 e. The summed E-state index contributed by atoms with van der Waals surface area (Å²) >= 11 is 3.81. The molecule has 0 saturated heterocycles. The van der Waals surface area contributed by atoms with Gasteiger partial charge in [-0.15, -0.1) is 22.7 Å². The largest absolute Gasteiger partial charge is 0.135 e. The molecule has 250 valence electrons. The summed E-state index contributed by atoms with van der Waals surface area (Å²) in [6, 6.07) is 67.9. The van der Waals surface area contributed by atoms with Crippen molar-refractivity contribution in [1.29, 1.82) is 0 Å². The predicted molar refractivity (Wildman–Crippen MR) is 239 cm³/mol. The molecule has 0 spiro atoms. The van der Waals surface area contributed by atoms with E-state index in [9.17, 15) is 0 Å². The molecule has 0 amide bonds. The molecule has 2 aromatic heterocycles. The molecule has 12 aromatic rings. The van der Waals surface area contributed by atoms with Crippen molar-refractivity contribution in [3.8, 4) is 33.4 Å². The quantitative estimate of drug-likeness (QED) is 0.160. The molecule has 0 atom stereocenters. The Morgan fingerprint density at radius 2 is 0.778 bits per heavy atom. The maximum absolute atomic E-state index is 2.44. The monoisotopic (exact) mass is 718 g/mol. The van der Waals surface area contributed by atoms with Gasteiger partial charge < -0.3 is 0 Å². The topological polar surface area (TPSA) is 0 Å². The van der Waals surface area contributed by atoms with Crippen molar-refractivity contribution in [1.82, 2.24) is 0 Å². The molecule has 0 nitrogen and oxygen atoms in total. The van der Waals surface area contributed by atoms with Gasteiger partial charge in [-0.05, 0) is 119 Å². The molecular weight excluding hydrogens is 689 g/mol. The van der Waals surface area contributed by atoms with Crippen LogP contribution < -0.4 is 0 Å². The molecule has 54 heavy (non-hydrogen) atoms. The first-order valence-electron chi connectivity index (χ1n) is 18.5. The van der Waals surface area contributed by atoms with Crippen LogP contribution in [0.2, 0.25) is 0 Å². The summed E-state index contributed by atoms with van der Waals surface area (Å²) < 4.78 is 5.37. The van der Waals surface area contributed by atoms with Crippen LogP contribution in [0, 0.1) is 0 Å².